The molecule has 0 aliphatic heterocycles. The van der Waals surface area contributed by atoms with Gasteiger partial charge in [0.2, 0.25) is 20.0 Å². The third-order valence-electron chi connectivity index (χ3n) is 3.42. The zero-order valence-corrected chi connectivity index (χ0v) is 16.1. The Morgan fingerprint density at radius 1 is 0.926 bits per heavy atom. The molecule has 27 heavy (non-hydrogen) atoms. The van der Waals surface area contributed by atoms with Crippen LogP contribution in [0.2, 0.25) is 0 Å². The number of benzene rings is 2. The van der Waals surface area contributed by atoms with Crippen molar-refractivity contribution in [3.8, 4) is 0 Å². The standard InChI is InChI=1S/C16H20N4O5S2/c1-12-2-4-13(5-3-12)19-16(21)18-10-11-26(22,23)20-14-6-8-15(9-7-14)27(17,24)25/h2-9,20H,10-11H2,1H3,(H2,17,24,25)(H2,18,19,21). The maximum atomic E-state index is 12.0. The molecule has 0 bridgehead atoms. The number of hydrogen-bond acceptors (Lipinski definition) is 5. The van der Waals surface area contributed by atoms with Crippen LogP contribution in [0.4, 0.5) is 16.2 Å². The van der Waals surface area contributed by atoms with Gasteiger partial charge in [-0.05, 0) is 43.3 Å². The van der Waals surface area contributed by atoms with Gasteiger partial charge in [-0.1, -0.05) is 17.7 Å². The average Bonchev–Trinajstić information content (AvgIpc) is 2.56. The molecule has 2 aromatic rings. The lowest BCUT2D eigenvalue weighted by atomic mass is 10.2. The van der Waals surface area contributed by atoms with E-state index in [-0.39, 0.29) is 22.9 Å². The number of amides is 2. The normalized spacial score (nSPS) is 11.6. The maximum absolute atomic E-state index is 12.0. The van der Waals surface area contributed by atoms with Gasteiger partial charge in [-0.3, -0.25) is 4.72 Å². The van der Waals surface area contributed by atoms with Crippen molar-refractivity contribution in [2.75, 3.05) is 22.3 Å². The van der Waals surface area contributed by atoms with E-state index in [2.05, 4.69) is 15.4 Å². The van der Waals surface area contributed by atoms with E-state index >= 15 is 0 Å². The van der Waals surface area contributed by atoms with E-state index in [9.17, 15) is 21.6 Å². The van der Waals surface area contributed by atoms with E-state index in [4.69, 9.17) is 5.14 Å². The summed E-state index contributed by atoms with van der Waals surface area (Å²) >= 11 is 0. The van der Waals surface area contributed by atoms with Crippen LogP contribution in [0.3, 0.4) is 0 Å². The Kier molecular flexibility index (Phi) is 6.41. The van der Waals surface area contributed by atoms with Crippen molar-refractivity contribution in [1.82, 2.24) is 5.32 Å². The van der Waals surface area contributed by atoms with E-state index < -0.39 is 26.1 Å². The van der Waals surface area contributed by atoms with E-state index in [0.717, 1.165) is 5.56 Å². The highest BCUT2D eigenvalue weighted by Gasteiger charge is 2.13. The minimum Gasteiger partial charge on any atom is -0.337 e. The van der Waals surface area contributed by atoms with Crippen molar-refractivity contribution in [2.45, 2.75) is 11.8 Å². The van der Waals surface area contributed by atoms with Crippen molar-refractivity contribution in [3.63, 3.8) is 0 Å². The molecular weight excluding hydrogens is 392 g/mol. The predicted molar refractivity (Wildman–Crippen MR) is 103 cm³/mol. The highest BCUT2D eigenvalue weighted by atomic mass is 32.2. The summed E-state index contributed by atoms with van der Waals surface area (Å²) in [5.41, 5.74) is 1.83. The van der Waals surface area contributed by atoms with Crippen molar-refractivity contribution < 1.29 is 21.6 Å². The van der Waals surface area contributed by atoms with Crippen molar-refractivity contribution in [1.29, 1.82) is 0 Å². The molecule has 9 nitrogen and oxygen atoms in total. The Morgan fingerprint density at radius 2 is 1.48 bits per heavy atom. The molecule has 0 saturated heterocycles. The first kappa shape index (κ1) is 20.7. The summed E-state index contributed by atoms with van der Waals surface area (Å²) in [5, 5.41) is 10.0. The van der Waals surface area contributed by atoms with Crippen LogP contribution < -0.4 is 20.5 Å². The molecule has 11 heteroatoms. The topological polar surface area (TPSA) is 147 Å². The Hall–Kier alpha value is -2.63. The molecule has 0 heterocycles. The van der Waals surface area contributed by atoms with Crippen molar-refractivity contribution in [3.05, 3.63) is 54.1 Å². The van der Waals surface area contributed by atoms with Gasteiger partial charge in [0.25, 0.3) is 0 Å². The number of nitrogens with two attached hydrogens (primary N) is 1. The molecule has 2 amide bonds. The van der Waals surface area contributed by atoms with Crippen LogP contribution in [-0.4, -0.2) is 35.2 Å². The molecule has 5 N–H and O–H groups in total. The van der Waals surface area contributed by atoms with E-state index in [0.29, 0.717) is 5.69 Å². The van der Waals surface area contributed by atoms with Crippen LogP contribution in [0.15, 0.2) is 53.4 Å². The van der Waals surface area contributed by atoms with Gasteiger partial charge in [0, 0.05) is 17.9 Å². The van der Waals surface area contributed by atoms with Gasteiger partial charge in [0.1, 0.15) is 0 Å². The van der Waals surface area contributed by atoms with Crippen LogP contribution in [0.1, 0.15) is 5.56 Å². The molecule has 0 fully saturated rings. The van der Waals surface area contributed by atoms with Gasteiger partial charge in [-0.2, -0.15) is 0 Å². The summed E-state index contributed by atoms with van der Waals surface area (Å²) in [6.45, 7) is 1.81. The summed E-state index contributed by atoms with van der Waals surface area (Å²) in [5.74, 6) is -0.356. The lowest BCUT2D eigenvalue weighted by molar-refractivity contribution is 0.252. The maximum Gasteiger partial charge on any atom is 0.319 e. The summed E-state index contributed by atoms with van der Waals surface area (Å²) in [6.07, 6.45) is 0. The third kappa shape index (κ3) is 6.89. The fourth-order valence-corrected chi connectivity index (χ4v) is 3.54. The molecule has 2 rings (SSSR count). The molecule has 0 saturated carbocycles. The Balaban J connectivity index is 1.83. The number of primary sulfonamides is 1. The molecule has 0 aromatic heterocycles. The molecule has 0 atom stereocenters. The first-order chi connectivity index (χ1) is 12.5. The number of rotatable bonds is 7. The molecule has 0 unspecified atom stereocenters. The summed E-state index contributed by atoms with van der Waals surface area (Å²) in [7, 11) is -7.58. The number of hydrogen-bond donors (Lipinski definition) is 4. The van der Waals surface area contributed by atoms with E-state index in [1.54, 1.807) is 12.1 Å². The van der Waals surface area contributed by atoms with Gasteiger partial charge in [-0.15, -0.1) is 0 Å². The summed E-state index contributed by atoms with van der Waals surface area (Å²) in [6, 6.07) is 11.6. The molecule has 2 aromatic carbocycles. The third-order valence-corrected chi connectivity index (χ3v) is 5.64. The fourth-order valence-electron chi connectivity index (χ4n) is 2.05. The molecule has 0 radical (unpaired) electrons. The second-order valence-corrected chi connectivity index (χ2v) is 9.14. The molecule has 0 spiro atoms. The van der Waals surface area contributed by atoms with Crippen molar-refractivity contribution >= 4 is 37.5 Å². The first-order valence-corrected chi connectivity index (χ1v) is 11.0. The number of carbonyl (C=O) groups excluding carboxylic acids is 1. The SMILES string of the molecule is Cc1ccc(NC(=O)NCCS(=O)(=O)Nc2ccc(S(N)(=O)=O)cc2)cc1. The number of carbonyl (C=O) groups is 1. The van der Waals surface area contributed by atoms with Crippen LogP contribution in [-0.2, 0) is 20.0 Å². The number of aryl methyl sites for hydroxylation is 1. The lowest BCUT2D eigenvalue weighted by Crippen LogP contribution is -2.34. The largest absolute Gasteiger partial charge is 0.337 e. The van der Waals surface area contributed by atoms with Crippen LogP contribution in [0.25, 0.3) is 0 Å². The molecular formula is C16H20N4O5S2. The number of sulfonamides is 2. The second kappa shape index (κ2) is 8.37. The number of urea groups is 1. The minimum atomic E-state index is -3.85. The van der Waals surface area contributed by atoms with Crippen molar-refractivity contribution in [2.24, 2.45) is 5.14 Å². The quantitative estimate of drug-likeness (QED) is 0.539. The van der Waals surface area contributed by atoms with Crippen LogP contribution in [0, 0.1) is 6.92 Å². The minimum absolute atomic E-state index is 0.109. The van der Waals surface area contributed by atoms with Gasteiger partial charge in [0.15, 0.2) is 0 Å². The monoisotopic (exact) mass is 412 g/mol. The van der Waals surface area contributed by atoms with Crippen LogP contribution in [0.5, 0.6) is 0 Å². The van der Waals surface area contributed by atoms with E-state index in [1.807, 2.05) is 19.1 Å². The van der Waals surface area contributed by atoms with Gasteiger partial charge >= 0.3 is 6.03 Å². The fraction of sp³-hybridized carbons (Fsp3) is 0.188. The van der Waals surface area contributed by atoms with E-state index in [1.165, 1.54) is 24.3 Å². The zero-order valence-electron chi connectivity index (χ0n) is 14.5. The Morgan fingerprint density at radius 3 is 2.04 bits per heavy atom. The first-order valence-electron chi connectivity index (χ1n) is 7.80. The highest BCUT2D eigenvalue weighted by Crippen LogP contribution is 2.14. The van der Waals surface area contributed by atoms with Crippen LogP contribution >= 0.6 is 0 Å². The molecule has 0 aliphatic rings. The Labute approximate surface area is 158 Å². The average molecular weight is 412 g/mol. The van der Waals surface area contributed by atoms with Gasteiger partial charge < -0.3 is 10.6 Å². The Bertz CT molecular complexity index is 1000. The lowest BCUT2D eigenvalue weighted by Gasteiger charge is -2.10. The zero-order chi connectivity index (χ0) is 20.1. The number of nitrogens with one attached hydrogen (secondary N) is 3. The predicted octanol–water partition coefficient (Wildman–Crippen LogP) is 1.21. The molecule has 146 valence electrons. The molecule has 0 aliphatic carbocycles. The smallest absolute Gasteiger partial charge is 0.319 e. The summed E-state index contributed by atoms with van der Waals surface area (Å²) in [4.78, 5) is 11.6. The highest BCUT2D eigenvalue weighted by molar-refractivity contribution is 7.92. The summed E-state index contributed by atoms with van der Waals surface area (Å²) < 4.78 is 48.7. The van der Waals surface area contributed by atoms with Gasteiger partial charge in [0.05, 0.1) is 10.6 Å². The number of anilines is 2. The second-order valence-electron chi connectivity index (χ2n) is 5.74. The van der Waals surface area contributed by atoms with Gasteiger partial charge in [-0.25, -0.2) is 26.8 Å².